The average molecular weight is 285 g/mol. The fourth-order valence-electron chi connectivity index (χ4n) is 3.16. The molecule has 1 saturated heterocycles. The third-order valence-corrected chi connectivity index (χ3v) is 4.02. The van der Waals surface area contributed by atoms with Gasteiger partial charge in [-0.1, -0.05) is 32.0 Å². The first-order chi connectivity index (χ1) is 9.38. The predicted octanol–water partition coefficient (Wildman–Crippen LogP) is 4.44. The van der Waals surface area contributed by atoms with Gasteiger partial charge < -0.3 is 5.32 Å². The fraction of sp³-hybridized carbons (Fsp3) is 0.625. The molecule has 0 saturated carbocycles. The zero-order chi connectivity index (χ0) is 14.8. The second-order valence-electron chi connectivity index (χ2n) is 6.11. The van der Waals surface area contributed by atoms with E-state index in [1.54, 1.807) is 0 Å². The number of alkyl halides is 3. The van der Waals surface area contributed by atoms with Crippen LogP contribution in [-0.2, 0) is 6.18 Å². The van der Waals surface area contributed by atoms with Crippen molar-refractivity contribution in [2.75, 3.05) is 13.1 Å². The molecule has 1 heterocycles. The summed E-state index contributed by atoms with van der Waals surface area (Å²) in [6.45, 7) is 6.12. The molecule has 0 aliphatic carbocycles. The van der Waals surface area contributed by atoms with Gasteiger partial charge in [0.05, 0.1) is 5.56 Å². The highest BCUT2D eigenvalue weighted by Gasteiger charge is 2.32. The smallest absolute Gasteiger partial charge is 0.316 e. The van der Waals surface area contributed by atoms with E-state index in [1.807, 2.05) is 6.07 Å². The molecule has 4 heteroatoms. The van der Waals surface area contributed by atoms with E-state index in [1.165, 1.54) is 12.1 Å². The van der Waals surface area contributed by atoms with Crippen molar-refractivity contribution >= 4 is 0 Å². The molecule has 0 aromatic heterocycles. The first kappa shape index (κ1) is 15.4. The average Bonchev–Trinajstić information content (AvgIpc) is 2.38. The summed E-state index contributed by atoms with van der Waals surface area (Å²) in [5, 5.41) is 3.36. The van der Waals surface area contributed by atoms with Crippen molar-refractivity contribution in [3.63, 3.8) is 0 Å². The van der Waals surface area contributed by atoms with Crippen molar-refractivity contribution in [1.82, 2.24) is 5.32 Å². The lowest BCUT2D eigenvalue weighted by molar-refractivity contribution is -0.137. The monoisotopic (exact) mass is 285 g/mol. The molecular formula is C16H22F3N. The third kappa shape index (κ3) is 3.75. The van der Waals surface area contributed by atoms with Crippen molar-refractivity contribution in [1.29, 1.82) is 0 Å². The van der Waals surface area contributed by atoms with Gasteiger partial charge in [-0.15, -0.1) is 0 Å². The topological polar surface area (TPSA) is 12.0 Å². The maximum absolute atomic E-state index is 12.8. The molecule has 2 atom stereocenters. The minimum atomic E-state index is -4.25. The van der Waals surface area contributed by atoms with Gasteiger partial charge in [0, 0.05) is 0 Å². The van der Waals surface area contributed by atoms with Crippen LogP contribution in [0.15, 0.2) is 24.3 Å². The van der Waals surface area contributed by atoms with E-state index in [-0.39, 0.29) is 5.92 Å². The number of rotatable bonds is 3. The van der Waals surface area contributed by atoms with Crippen molar-refractivity contribution in [3.05, 3.63) is 35.4 Å². The number of halogens is 3. The summed E-state index contributed by atoms with van der Waals surface area (Å²) >= 11 is 0. The van der Waals surface area contributed by atoms with Crippen LogP contribution in [0.3, 0.4) is 0 Å². The number of hydrogen-bond acceptors (Lipinski definition) is 1. The number of piperidine rings is 1. The normalized spacial score (nSPS) is 24.1. The summed E-state index contributed by atoms with van der Waals surface area (Å²) in [4.78, 5) is 0. The quantitative estimate of drug-likeness (QED) is 0.865. The summed E-state index contributed by atoms with van der Waals surface area (Å²) in [6, 6.07) is 5.87. The Morgan fingerprint density at radius 2 is 2.05 bits per heavy atom. The Morgan fingerprint density at radius 1 is 1.30 bits per heavy atom. The zero-order valence-corrected chi connectivity index (χ0v) is 12.0. The Bertz CT molecular complexity index is 440. The van der Waals surface area contributed by atoms with Gasteiger partial charge in [-0.25, -0.2) is 0 Å². The van der Waals surface area contributed by atoms with Gasteiger partial charge in [0.1, 0.15) is 0 Å². The van der Waals surface area contributed by atoms with E-state index in [4.69, 9.17) is 0 Å². The molecule has 1 fully saturated rings. The molecule has 1 nitrogen and oxygen atoms in total. The van der Waals surface area contributed by atoms with Gasteiger partial charge in [-0.3, -0.25) is 0 Å². The molecule has 1 aromatic carbocycles. The predicted molar refractivity (Wildman–Crippen MR) is 74.6 cm³/mol. The van der Waals surface area contributed by atoms with Gasteiger partial charge in [0.15, 0.2) is 0 Å². The molecule has 20 heavy (non-hydrogen) atoms. The third-order valence-electron chi connectivity index (χ3n) is 4.02. The van der Waals surface area contributed by atoms with Crippen molar-refractivity contribution in [2.45, 2.75) is 38.8 Å². The second kappa shape index (κ2) is 6.17. The summed E-state index contributed by atoms with van der Waals surface area (Å²) < 4.78 is 38.5. The van der Waals surface area contributed by atoms with Crippen molar-refractivity contribution in [3.8, 4) is 0 Å². The highest BCUT2D eigenvalue weighted by molar-refractivity contribution is 5.29. The van der Waals surface area contributed by atoms with Crippen LogP contribution in [0, 0.1) is 11.8 Å². The van der Waals surface area contributed by atoms with E-state index >= 15 is 0 Å². The molecule has 1 aliphatic rings. The lowest BCUT2D eigenvalue weighted by Crippen LogP contribution is -2.36. The highest BCUT2D eigenvalue weighted by Crippen LogP contribution is 2.37. The van der Waals surface area contributed by atoms with Gasteiger partial charge in [-0.05, 0) is 55.3 Å². The lowest BCUT2D eigenvalue weighted by atomic mass is 9.77. The molecular weight excluding hydrogens is 263 g/mol. The Hall–Kier alpha value is -1.03. The van der Waals surface area contributed by atoms with Crippen LogP contribution in [0.25, 0.3) is 0 Å². The molecule has 112 valence electrons. The van der Waals surface area contributed by atoms with Crippen LogP contribution in [0.4, 0.5) is 13.2 Å². The lowest BCUT2D eigenvalue weighted by Gasteiger charge is -2.34. The van der Waals surface area contributed by atoms with Crippen LogP contribution >= 0.6 is 0 Å². The minimum Gasteiger partial charge on any atom is -0.316 e. The van der Waals surface area contributed by atoms with Gasteiger partial charge in [-0.2, -0.15) is 13.2 Å². The first-order valence-corrected chi connectivity index (χ1v) is 7.26. The SMILES string of the molecule is CC(C)CC1CNCCC1c1cccc(C(F)(F)F)c1. The van der Waals surface area contributed by atoms with Crippen LogP contribution in [-0.4, -0.2) is 13.1 Å². The van der Waals surface area contributed by atoms with Crippen molar-refractivity contribution < 1.29 is 13.2 Å². The Morgan fingerprint density at radius 3 is 2.70 bits per heavy atom. The fourth-order valence-corrected chi connectivity index (χ4v) is 3.16. The summed E-state index contributed by atoms with van der Waals surface area (Å²) in [5.41, 5.74) is 0.309. The maximum atomic E-state index is 12.8. The number of nitrogens with one attached hydrogen (secondary N) is 1. The van der Waals surface area contributed by atoms with E-state index in [2.05, 4.69) is 19.2 Å². The number of benzene rings is 1. The standard InChI is InChI=1S/C16H22F3N/c1-11(2)8-13-10-20-7-6-15(13)12-4-3-5-14(9-12)16(17,18)19/h3-5,9,11,13,15,20H,6-8,10H2,1-2H3. The molecule has 1 aromatic rings. The molecule has 1 N–H and O–H groups in total. The number of hydrogen-bond donors (Lipinski definition) is 1. The van der Waals surface area contributed by atoms with E-state index in [0.29, 0.717) is 11.8 Å². The van der Waals surface area contributed by atoms with Gasteiger partial charge in [0.2, 0.25) is 0 Å². The maximum Gasteiger partial charge on any atom is 0.416 e. The molecule has 0 amide bonds. The Balaban J connectivity index is 2.23. The molecule has 2 unspecified atom stereocenters. The summed E-state index contributed by atoms with van der Waals surface area (Å²) in [6.07, 6.45) is -2.29. The molecule has 1 aliphatic heterocycles. The molecule has 0 spiro atoms. The van der Waals surface area contributed by atoms with Gasteiger partial charge in [0.25, 0.3) is 0 Å². The summed E-state index contributed by atoms with van der Waals surface area (Å²) in [5.74, 6) is 1.22. The van der Waals surface area contributed by atoms with E-state index < -0.39 is 11.7 Å². The van der Waals surface area contributed by atoms with Crippen LogP contribution < -0.4 is 5.32 Å². The Kier molecular flexibility index (Phi) is 4.74. The van der Waals surface area contributed by atoms with E-state index in [0.717, 1.165) is 37.6 Å². The Labute approximate surface area is 118 Å². The zero-order valence-electron chi connectivity index (χ0n) is 12.0. The van der Waals surface area contributed by atoms with Crippen LogP contribution in [0.2, 0.25) is 0 Å². The highest BCUT2D eigenvalue weighted by atomic mass is 19.4. The van der Waals surface area contributed by atoms with Crippen LogP contribution in [0.5, 0.6) is 0 Å². The van der Waals surface area contributed by atoms with Gasteiger partial charge >= 0.3 is 6.18 Å². The minimum absolute atomic E-state index is 0.237. The van der Waals surface area contributed by atoms with E-state index in [9.17, 15) is 13.2 Å². The second-order valence-corrected chi connectivity index (χ2v) is 6.11. The first-order valence-electron chi connectivity index (χ1n) is 7.26. The largest absolute Gasteiger partial charge is 0.416 e. The molecule has 2 rings (SSSR count). The summed E-state index contributed by atoms with van der Waals surface area (Å²) in [7, 11) is 0. The molecule has 0 radical (unpaired) electrons. The van der Waals surface area contributed by atoms with Crippen molar-refractivity contribution in [2.24, 2.45) is 11.8 Å². The molecule has 0 bridgehead atoms. The van der Waals surface area contributed by atoms with Crippen LogP contribution in [0.1, 0.15) is 43.7 Å².